The van der Waals surface area contributed by atoms with Gasteiger partial charge >= 0.3 is 0 Å². The number of aryl methyl sites for hydroxylation is 2. The van der Waals surface area contributed by atoms with Crippen molar-refractivity contribution in [2.45, 2.75) is 33.0 Å². The molecule has 0 saturated heterocycles. The predicted molar refractivity (Wildman–Crippen MR) is 73.4 cm³/mol. The smallest absolute Gasteiger partial charge is 0.0964 e. The van der Waals surface area contributed by atoms with Crippen molar-refractivity contribution in [1.82, 2.24) is 20.3 Å². The summed E-state index contributed by atoms with van der Waals surface area (Å²) in [5.41, 5.74) is 3.47. The zero-order valence-electron chi connectivity index (χ0n) is 11.2. The third kappa shape index (κ3) is 4.46. The Hall–Kier alpha value is -1.72. The normalized spacial score (nSPS) is 10.8. The number of hydrogen-bond donors (Lipinski definition) is 2. The predicted octanol–water partition coefficient (Wildman–Crippen LogP) is 1.26. The lowest BCUT2D eigenvalue weighted by Gasteiger charge is -2.03. The van der Waals surface area contributed by atoms with Gasteiger partial charge in [0, 0.05) is 32.4 Å². The second-order valence-electron chi connectivity index (χ2n) is 4.64. The van der Waals surface area contributed by atoms with Gasteiger partial charge in [-0.1, -0.05) is 35.0 Å². The quantitative estimate of drug-likeness (QED) is 0.786. The lowest BCUT2D eigenvalue weighted by molar-refractivity contribution is 0.276. The first kappa shape index (κ1) is 13.7. The van der Waals surface area contributed by atoms with Crippen molar-refractivity contribution < 1.29 is 5.11 Å². The van der Waals surface area contributed by atoms with Crippen LogP contribution in [0.15, 0.2) is 30.5 Å². The summed E-state index contributed by atoms with van der Waals surface area (Å²) in [5, 5.41) is 20.2. The van der Waals surface area contributed by atoms with Crippen LogP contribution >= 0.6 is 0 Å². The largest absolute Gasteiger partial charge is 0.396 e. The summed E-state index contributed by atoms with van der Waals surface area (Å²) in [5.74, 6) is 0. The Kier molecular flexibility index (Phi) is 5.06. The molecule has 2 aromatic rings. The van der Waals surface area contributed by atoms with Crippen LogP contribution < -0.4 is 5.32 Å². The number of aromatic nitrogens is 3. The zero-order chi connectivity index (χ0) is 13.5. The van der Waals surface area contributed by atoms with E-state index in [1.165, 1.54) is 11.1 Å². The highest BCUT2D eigenvalue weighted by atomic mass is 16.3. The standard InChI is InChI=1S/C14H20N4O/c1-12-4-2-5-13(8-12)9-15-10-14-11-18(17-16-14)6-3-7-19/h2,4-5,8,11,15,19H,3,6-7,9-10H2,1H3. The van der Waals surface area contributed by atoms with Crippen LogP contribution in [0, 0.1) is 6.92 Å². The molecule has 0 unspecified atom stereocenters. The average molecular weight is 260 g/mol. The van der Waals surface area contributed by atoms with E-state index < -0.39 is 0 Å². The molecule has 0 bridgehead atoms. The number of benzene rings is 1. The van der Waals surface area contributed by atoms with Gasteiger partial charge in [0.2, 0.25) is 0 Å². The lowest BCUT2D eigenvalue weighted by atomic mass is 10.1. The van der Waals surface area contributed by atoms with Gasteiger partial charge in [-0.2, -0.15) is 0 Å². The third-order valence-electron chi connectivity index (χ3n) is 2.85. The third-order valence-corrected chi connectivity index (χ3v) is 2.85. The summed E-state index contributed by atoms with van der Waals surface area (Å²) >= 11 is 0. The molecule has 0 aliphatic carbocycles. The van der Waals surface area contributed by atoms with Gasteiger partial charge in [0.05, 0.1) is 5.69 Å². The summed E-state index contributed by atoms with van der Waals surface area (Å²) in [6.45, 7) is 4.51. The van der Waals surface area contributed by atoms with Gasteiger partial charge in [0.25, 0.3) is 0 Å². The molecule has 0 amide bonds. The van der Waals surface area contributed by atoms with Crippen molar-refractivity contribution in [3.8, 4) is 0 Å². The molecule has 0 atom stereocenters. The summed E-state index contributed by atoms with van der Waals surface area (Å²) in [7, 11) is 0. The van der Waals surface area contributed by atoms with Crippen LogP contribution in [0.5, 0.6) is 0 Å². The molecule has 0 saturated carbocycles. The number of aliphatic hydroxyl groups is 1. The monoisotopic (exact) mass is 260 g/mol. The maximum atomic E-state index is 8.75. The minimum absolute atomic E-state index is 0.181. The van der Waals surface area contributed by atoms with E-state index in [1.54, 1.807) is 4.68 Å². The van der Waals surface area contributed by atoms with Crippen molar-refractivity contribution in [2.24, 2.45) is 0 Å². The molecule has 1 aromatic carbocycles. The minimum atomic E-state index is 0.181. The van der Waals surface area contributed by atoms with Crippen molar-refractivity contribution >= 4 is 0 Å². The fourth-order valence-electron chi connectivity index (χ4n) is 1.92. The summed E-state index contributed by atoms with van der Waals surface area (Å²) in [6.07, 6.45) is 2.62. The van der Waals surface area contributed by atoms with Crippen LogP contribution in [-0.4, -0.2) is 26.7 Å². The number of nitrogens with one attached hydrogen (secondary N) is 1. The maximum Gasteiger partial charge on any atom is 0.0964 e. The Labute approximate surface area is 113 Å². The first-order chi connectivity index (χ1) is 9.28. The molecule has 2 N–H and O–H groups in total. The van der Waals surface area contributed by atoms with Crippen LogP contribution in [0.4, 0.5) is 0 Å². The van der Waals surface area contributed by atoms with Gasteiger partial charge in [0.1, 0.15) is 0 Å². The Balaban J connectivity index is 1.77. The number of hydrogen-bond acceptors (Lipinski definition) is 4. The minimum Gasteiger partial charge on any atom is -0.396 e. The molecule has 1 heterocycles. The van der Waals surface area contributed by atoms with Crippen LogP contribution in [0.25, 0.3) is 0 Å². The fourth-order valence-corrected chi connectivity index (χ4v) is 1.92. The average Bonchev–Trinajstić information content (AvgIpc) is 2.84. The molecule has 0 fully saturated rings. The molecule has 0 radical (unpaired) electrons. The molecule has 0 spiro atoms. The highest BCUT2D eigenvalue weighted by Crippen LogP contribution is 2.03. The van der Waals surface area contributed by atoms with E-state index in [0.717, 1.165) is 12.2 Å². The maximum absolute atomic E-state index is 8.75. The lowest BCUT2D eigenvalue weighted by Crippen LogP contribution is -2.13. The van der Waals surface area contributed by atoms with Crippen LogP contribution in [0.3, 0.4) is 0 Å². The second kappa shape index (κ2) is 7.01. The Morgan fingerprint density at radius 3 is 3.00 bits per heavy atom. The Bertz CT molecular complexity index is 510. The Morgan fingerprint density at radius 2 is 2.21 bits per heavy atom. The highest BCUT2D eigenvalue weighted by molar-refractivity contribution is 5.21. The number of aliphatic hydroxyl groups excluding tert-OH is 1. The van der Waals surface area contributed by atoms with Gasteiger partial charge in [-0.3, -0.25) is 4.68 Å². The molecule has 0 aliphatic rings. The zero-order valence-corrected chi connectivity index (χ0v) is 11.2. The molecule has 5 heteroatoms. The van der Waals surface area contributed by atoms with E-state index in [-0.39, 0.29) is 6.61 Å². The van der Waals surface area contributed by atoms with E-state index in [4.69, 9.17) is 5.11 Å². The fraction of sp³-hybridized carbons (Fsp3) is 0.429. The van der Waals surface area contributed by atoms with E-state index in [2.05, 4.69) is 46.8 Å². The van der Waals surface area contributed by atoms with E-state index in [9.17, 15) is 0 Å². The van der Waals surface area contributed by atoms with Gasteiger partial charge in [-0.15, -0.1) is 5.10 Å². The van der Waals surface area contributed by atoms with Crippen LogP contribution in [0.1, 0.15) is 23.2 Å². The van der Waals surface area contributed by atoms with Crippen molar-refractivity contribution in [1.29, 1.82) is 0 Å². The molecule has 2 rings (SSSR count). The first-order valence-electron chi connectivity index (χ1n) is 6.54. The van der Waals surface area contributed by atoms with Crippen molar-refractivity contribution in [2.75, 3.05) is 6.61 Å². The van der Waals surface area contributed by atoms with Crippen LogP contribution in [-0.2, 0) is 19.6 Å². The van der Waals surface area contributed by atoms with Gasteiger partial charge in [-0.25, -0.2) is 0 Å². The first-order valence-corrected chi connectivity index (χ1v) is 6.54. The molecular formula is C14H20N4O. The second-order valence-corrected chi connectivity index (χ2v) is 4.64. The van der Waals surface area contributed by atoms with Gasteiger partial charge in [0.15, 0.2) is 0 Å². The van der Waals surface area contributed by atoms with Crippen LogP contribution in [0.2, 0.25) is 0 Å². The molecule has 5 nitrogen and oxygen atoms in total. The summed E-state index contributed by atoms with van der Waals surface area (Å²) < 4.78 is 1.76. The molecule has 19 heavy (non-hydrogen) atoms. The van der Waals surface area contributed by atoms with Crippen molar-refractivity contribution in [3.63, 3.8) is 0 Å². The van der Waals surface area contributed by atoms with E-state index in [0.29, 0.717) is 19.5 Å². The summed E-state index contributed by atoms with van der Waals surface area (Å²) in [4.78, 5) is 0. The molecule has 0 aliphatic heterocycles. The number of rotatable bonds is 7. The van der Waals surface area contributed by atoms with Gasteiger partial charge < -0.3 is 10.4 Å². The highest BCUT2D eigenvalue weighted by Gasteiger charge is 2.00. The summed E-state index contributed by atoms with van der Waals surface area (Å²) in [6, 6.07) is 8.44. The molecular weight excluding hydrogens is 240 g/mol. The molecule has 1 aromatic heterocycles. The Morgan fingerprint density at radius 1 is 1.32 bits per heavy atom. The van der Waals surface area contributed by atoms with E-state index >= 15 is 0 Å². The van der Waals surface area contributed by atoms with E-state index in [1.807, 2.05) is 6.20 Å². The molecule has 102 valence electrons. The SMILES string of the molecule is Cc1cccc(CNCc2cn(CCCO)nn2)c1. The van der Waals surface area contributed by atoms with Crippen molar-refractivity contribution in [3.05, 3.63) is 47.3 Å². The van der Waals surface area contributed by atoms with Gasteiger partial charge in [-0.05, 0) is 18.9 Å². The number of nitrogens with zero attached hydrogens (tertiary/aromatic N) is 3. The topological polar surface area (TPSA) is 63.0 Å².